The fraction of sp³-hybridized carbons (Fsp3) is 0.583. The Morgan fingerprint density at radius 2 is 2.05 bits per heavy atom. The van der Waals surface area contributed by atoms with Crippen molar-refractivity contribution in [3.8, 4) is 0 Å². The van der Waals surface area contributed by atoms with Crippen molar-refractivity contribution in [3.05, 3.63) is 12.0 Å². The van der Waals surface area contributed by atoms with Crippen LogP contribution < -0.4 is 15.5 Å². The SMILES string of the molecule is CN(C)c1nc(NCC(=O)N2CCNCC2)ncc1F.Cl.Cl. The number of amides is 1. The molecule has 0 aliphatic carbocycles. The number of nitrogens with one attached hydrogen (secondary N) is 2. The zero-order valence-corrected chi connectivity index (χ0v) is 14.1. The van der Waals surface area contributed by atoms with Gasteiger partial charge in [0.2, 0.25) is 11.9 Å². The number of piperazine rings is 1. The fourth-order valence-corrected chi connectivity index (χ4v) is 1.94. The van der Waals surface area contributed by atoms with Gasteiger partial charge in [-0.3, -0.25) is 4.79 Å². The molecule has 1 aromatic rings. The minimum atomic E-state index is -0.492. The van der Waals surface area contributed by atoms with Crippen molar-refractivity contribution in [3.63, 3.8) is 0 Å². The first-order chi connectivity index (χ1) is 9.58. The summed E-state index contributed by atoms with van der Waals surface area (Å²) >= 11 is 0. The molecule has 1 fully saturated rings. The molecule has 0 bridgehead atoms. The van der Waals surface area contributed by atoms with Crippen LogP contribution in [0.1, 0.15) is 0 Å². The van der Waals surface area contributed by atoms with Crippen molar-refractivity contribution in [1.82, 2.24) is 20.2 Å². The third kappa shape index (κ3) is 5.43. The Hall–Kier alpha value is -1.38. The number of anilines is 2. The normalized spacial score (nSPS) is 13.7. The van der Waals surface area contributed by atoms with Crippen molar-refractivity contribution in [2.24, 2.45) is 0 Å². The molecule has 0 atom stereocenters. The van der Waals surface area contributed by atoms with Crippen LogP contribution in [0.15, 0.2) is 6.20 Å². The molecule has 7 nitrogen and oxygen atoms in total. The number of hydrogen-bond donors (Lipinski definition) is 2. The molecule has 22 heavy (non-hydrogen) atoms. The van der Waals surface area contributed by atoms with Crippen molar-refractivity contribution in [1.29, 1.82) is 0 Å². The van der Waals surface area contributed by atoms with Gasteiger partial charge in [0.05, 0.1) is 12.7 Å². The van der Waals surface area contributed by atoms with Crippen molar-refractivity contribution >= 4 is 42.5 Å². The molecule has 126 valence electrons. The first-order valence-corrected chi connectivity index (χ1v) is 6.50. The molecule has 1 aliphatic heterocycles. The Kier molecular flexibility index (Phi) is 9.00. The Morgan fingerprint density at radius 1 is 1.41 bits per heavy atom. The van der Waals surface area contributed by atoms with Gasteiger partial charge in [-0.1, -0.05) is 0 Å². The maximum atomic E-state index is 13.4. The second-order valence-corrected chi connectivity index (χ2v) is 4.74. The average molecular weight is 355 g/mol. The fourth-order valence-electron chi connectivity index (χ4n) is 1.94. The van der Waals surface area contributed by atoms with E-state index in [2.05, 4.69) is 20.6 Å². The molecule has 2 N–H and O–H groups in total. The van der Waals surface area contributed by atoms with Crippen LogP contribution in [-0.4, -0.2) is 67.6 Å². The number of carbonyl (C=O) groups is 1. The van der Waals surface area contributed by atoms with Gasteiger partial charge >= 0.3 is 0 Å². The van der Waals surface area contributed by atoms with Gasteiger partial charge in [0.25, 0.3) is 0 Å². The van der Waals surface area contributed by atoms with E-state index in [1.165, 1.54) is 0 Å². The van der Waals surface area contributed by atoms with Crippen LogP contribution in [0.4, 0.5) is 16.2 Å². The third-order valence-electron chi connectivity index (χ3n) is 3.02. The molecule has 0 aromatic carbocycles. The Labute approximate surface area is 141 Å². The molecule has 0 saturated carbocycles. The van der Waals surface area contributed by atoms with Crippen LogP contribution in [0, 0.1) is 5.82 Å². The number of halogens is 3. The van der Waals surface area contributed by atoms with E-state index in [0.717, 1.165) is 19.3 Å². The van der Waals surface area contributed by atoms with E-state index in [1.807, 2.05) is 0 Å². The molecular formula is C12H21Cl2FN6O. The number of aromatic nitrogens is 2. The Balaban J connectivity index is 0.00000220. The van der Waals surface area contributed by atoms with Crippen molar-refractivity contribution < 1.29 is 9.18 Å². The highest BCUT2D eigenvalue weighted by Gasteiger charge is 2.16. The lowest BCUT2D eigenvalue weighted by atomic mass is 10.3. The molecule has 1 aliphatic rings. The summed E-state index contributed by atoms with van der Waals surface area (Å²) in [6, 6.07) is 0. The zero-order valence-electron chi connectivity index (χ0n) is 12.5. The standard InChI is InChI=1S/C12H19FN6O.2ClH/c1-18(2)11-9(13)7-15-12(17-11)16-8-10(20)19-5-3-14-4-6-19;;/h7,14H,3-6,8H2,1-2H3,(H,15,16,17);2*1H. The van der Waals surface area contributed by atoms with Crippen LogP contribution in [0.3, 0.4) is 0 Å². The lowest BCUT2D eigenvalue weighted by molar-refractivity contribution is -0.129. The molecule has 0 spiro atoms. The minimum Gasteiger partial charge on any atom is -0.360 e. The quantitative estimate of drug-likeness (QED) is 0.813. The summed E-state index contributed by atoms with van der Waals surface area (Å²) in [7, 11) is 3.39. The van der Waals surface area contributed by atoms with E-state index in [4.69, 9.17) is 0 Å². The number of hydrogen-bond acceptors (Lipinski definition) is 6. The van der Waals surface area contributed by atoms with Gasteiger partial charge in [0, 0.05) is 40.3 Å². The predicted octanol–water partition coefficient (Wildman–Crippen LogP) is 0.369. The lowest BCUT2D eigenvalue weighted by Crippen LogP contribution is -2.48. The average Bonchev–Trinajstić information content (AvgIpc) is 2.46. The van der Waals surface area contributed by atoms with E-state index in [-0.39, 0.29) is 49.0 Å². The molecule has 0 radical (unpaired) electrons. The summed E-state index contributed by atoms with van der Waals surface area (Å²) in [6.45, 7) is 3.13. The summed E-state index contributed by atoms with van der Waals surface area (Å²) in [5, 5.41) is 6.02. The molecule has 1 saturated heterocycles. The first kappa shape index (κ1) is 20.6. The van der Waals surface area contributed by atoms with E-state index >= 15 is 0 Å². The van der Waals surface area contributed by atoms with Crippen LogP contribution in [0.2, 0.25) is 0 Å². The van der Waals surface area contributed by atoms with E-state index in [1.54, 1.807) is 23.9 Å². The third-order valence-corrected chi connectivity index (χ3v) is 3.02. The summed E-state index contributed by atoms with van der Waals surface area (Å²) in [5.41, 5.74) is 0. The molecule has 2 rings (SSSR count). The highest BCUT2D eigenvalue weighted by Crippen LogP contribution is 2.14. The van der Waals surface area contributed by atoms with Gasteiger partial charge in [0.15, 0.2) is 11.6 Å². The Morgan fingerprint density at radius 3 is 2.64 bits per heavy atom. The molecule has 2 heterocycles. The largest absolute Gasteiger partial charge is 0.360 e. The maximum Gasteiger partial charge on any atom is 0.242 e. The molecule has 1 aromatic heterocycles. The smallest absolute Gasteiger partial charge is 0.242 e. The van der Waals surface area contributed by atoms with Gasteiger partial charge in [-0.2, -0.15) is 4.98 Å². The number of rotatable bonds is 4. The van der Waals surface area contributed by atoms with Crippen molar-refractivity contribution in [2.45, 2.75) is 0 Å². The van der Waals surface area contributed by atoms with Gasteiger partial charge in [-0.25, -0.2) is 9.37 Å². The van der Waals surface area contributed by atoms with Crippen LogP contribution >= 0.6 is 24.8 Å². The second-order valence-electron chi connectivity index (χ2n) is 4.74. The maximum absolute atomic E-state index is 13.4. The number of carbonyl (C=O) groups excluding carboxylic acids is 1. The predicted molar refractivity (Wildman–Crippen MR) is 88.8 cm³/mol. The van der Waals surface area contributed by atoms with E-state index < -0.39 is 5.82 Å². The van der Waals surface area contributed by atoms with E-state index in [9.17, 15) is 9.18 Å². The topological polar surface area (TPSA) is 73.4 Å². The highest BCUT2D eigenvalue weighted by molar-refractivity contribution is 5.85. The van der Waals surface area contributed by atoms with Gasteiger partial charge < -0.3 is 20.4 Å². The number of nitrogens with zero attached hydrogens (tertiary/aromatic N) is 4. The summed E-state index contributed by atoms with van der Waals surface area (Å²) in [5.74, 6) is -0.0597. The van der Waals surface area contributed by atoms with Crippen LogP contribution in [-0.2, 0) is 4.79 Å². The second kappa shape index (κ2) is 9.60. The molecule has 1 amide bonds. The highest BCUT2D eigenvalue weighted by atomic mass is 35.5. The summed E-state index contributed by atoms with van der Waals surface area (Å²) < 4.78 is 13.4. The summed E-state index contributed by atoms with van der Waals surface area (Å²) in [4.78, 5) is 23.2. The van der Waals surface area contributed by atoms with Crippen LogP contribution in [0.25, 0.3) is 0 Å². The van der Waals surface area contributed by atoms with Crippen LogP contribution in [0.5, 0.6) is 0 Å². The van der Waals surface area contributed by atoms with Crippen molar-refractivity contribution in [2.75, 3.05) is 57.0 Å². The minimum absolute atomic E-state index is 0. The molecular weight excluding hydrogens is 334 g/mol. The Bertz CT molecular complexity index is 485. The van der Waals surface area contributed by atoms with Gasteiger partial charge in [0.1, 0.15) is 0 Å². The summed E-state index contributed by atoms with van der Waals surface area (Å²) in [6.07, 6.45) is 1.10. The first-order valence-electron chi connectivity index (χ1n) is 6.50. The molecule has 10 heteroatoms. The lowest BCUT2D eigenvalue weighted by Gasteiger charge is -2.27. The van der Waals surface area contributed by atoms with E-state index in [0.29, 0.717) is 13.1 Å². The molecule has 0 unspecified atom stereocenters. The zero-order chi connectivity index (χ0) is 14.5. The van der Waals surface area contributed by atoms with Gasteiger partial charge in [-0.05, 0) is 0 Å². The monoisotopic (exact) mass is 354 g/mol. The van der Waals surface area contributed by atoms with Gasteiger partial charge in [-0.15, -0.1) is 24.8 Å².